The van der Waals surface area contributed by atoms with Crippen molar-refractivity contribution in [3.8, 4) is 17.2 Å². The lowest BCUT2D eigenvalue weighted by molar-refractivity contribution is -0.126. The van der Waals surface area contributed by atoms with E-state index in [9.17, 15) is 4.79 Å². The van der Waals surface area contributed by atoms with E-state index in [-0.39, 0.29) is 5.91 Å². The molecule has 0 saturated heterocycles. The topological polar surface area (TPSA) is 82.8 Å². The summed E-state index contributed by atoms with van der Waals surface area (Å²) < 4.78 is 16.1. The van der Waals surface area contributed by atoms with E-state index in [1.54, 1.807) is 32.4 Å². The molecule has 1 aromatic carbocycles. The van der Waals surface area contributed by atoms with Gasteiger partial charge in [0.1, 0.15) is 17.2 Å². The molecule has 1 aliphatic rings. The number of amides is 1. The molecule has 0 unspecified atom stereocenters. The van der Waals surface area contributed by atoms with Crippen molar-refractivity contribution in [2.24, 2.45) is 5.73 Å². The minimum atomic E-state index is -0.666. The van der Waals surface area contributed by atoms with Crippen LogP contribution in [0.1, 0.15) is 32.1 Å². The van der Waals surface area contributed by atoms with Crippen molar-refractivity contribution in [2.75, 3.05) is 27.4 Å². The molecular formula is C17H26N2O4. The Morgan fingerprint density at radius 1 is 1.13 bits per heavy atom. The van der Waals surface area contributed by atoms with E-state index in [0.29, 0.717) is 36.8 Å². The van der Waals surface area contributed by atoms with Crippen molar-refractivity contribution < 1.29 is 19.0 Å². The highest BCUT2D eigenvalue weighted by Crippen LogP contribution is 2.28. The molecule has 0 spiro atoms. The van der Waals surface area contributed by atoms with Crippen LogP contribution in [-0.2, 0) is 4.79 Å². The lowest BCUT2D eigenvalue weighted by Gasteiger charge is -2.22. The predicted molar refractivity (Wildman–Crippen MR) is 88.1 cm³/mol. The smallest absolute Gasteiger partial charge is 0.240 e. The van der Waals surface area contributed by atoms with E-state index < -0.39 is 5.54 Å². The number of ether oxygens (including phenoxy) is 3. The van der Waals surface area contributed by atoms with Gasteiger partial charge in [-0.3, -0.25) is 4.79 Å². The molecule has 1 amide bonds. The van der Waals surface area contributed by atoms with Crippen molar-refractivity contribution in [3.05, 3.63) is 18.2 Å². The Bertz CT molecular complexity index is 505. The van der Waals surface area contributed by atoms with Crippen LogP contribution < -0.4 is 25.3 Å². The van der Waals surface area contributed by atoms with Gasteiger partial charge < -0.3 is 25.3 Å². The number of benzene rings is 1. The number of nitrogens with one attached hydrogen (secondary N) is 1. The largest absolute Gasteiger partial charge is 0.496 e. The van der Waals surface area contributed by atoms with Crippen LogP contribution in [0.5, 0.6) is 17.2 Å². The third kappa shape index (κ3) is 4.76. The summed E-state index contributed by atoms with van der Waals surface area (Å²) in [4.78, 5) is 12.1. The molecule has 6 nitrogen and oxygen atoms in total. The summed E-state index contributed by atoms with van der Waals surface area (Å²) in [7, 11) is 3.19. The minimum Gasteiger partial charge on any atom is -0.496 e. The summed E-state index contributed by atoms with van der Waals surface area (Å²) in [6.07, 6.45) is 4.33. The zero-order valence-corrected chi connectivity index (χ0v) is 13.9. The molecule has 0 aliphatic heterocycles. The Hall–Kier alpha value is -1.95. The van der Waals surface area contributed by atoms with Gasteiger partial charge >= 0.3 is 0 Å². The van der Waals surface area contributed by atoms with Gasteiger partial charge in [-0.2, -0.15) is 0 Å². The van der Waals surface area contributed by atoms with E-state index in [1.165, 1.54) is 0 Å². The van der Waals surface area contributed by atoms with Gasteiger partial charge in [-0.05, 0) is 19.3 Å². The van der Waals surface area contributed by atoms with Crippen LogP contribution in [0.15, 0.2) is 18.2 Å². The molecule has 0 aromatic heterocycles. The summed E-state index contributed by atoms with van der Waals surface area (Å²) in [5.74, 6) is 1.99. The molecule has 0 bridgehead atoms. The standard InChI is InChI=1S/C17H26N2O4/c1-21-13-10-14(22-2)12-15(11-13)23-9-5-8-19-16(20)17(18)6-3-4-7-17/h10-12H,3-9,18H2,1-2H3,(H,19,20). The number of hydrogen-bond acceptors (Lipinski definition) is 5. The molecule has 2 rings (SSSR count). The normalized spacial score (nSPS) is 16.0. The molecule has 0 atom stereocenters. The molecule has 1 aliphatic carbocycles. The first-order chi connectivity index (χ1) is 11.1. The van der Waals surface area contributed by atoms with Gasteiger partial charge in [0.15, 0.2) is 0 Å². The van der Waals surface area contributed by atoms with Gasteiger partial charge in [0.25, 0.3) is 0 Å². The van der Waals surface area contributed by atoms with E-state index in [2.05, 4.69) is 5.32 Å². The lowest BCUT2D eigenvalue weighted by Crippen LogP contribution is -2.52. The average Bonchev–Trinajstić information content (AvgIpc) is 3.02. The fourth-order valence-corrected chi connectivity index (χ4v) is 2.74. The molecule has 128 valence electrons. The molecule has 1 fully saturated rings. The maximum Gasteiger partial charge on any atom is 0.240 e. The van der Waals surface area contributed by atoms with E-state index in [1.807, 2.05) is 0 Å². The second-order valence-electron chi connectivity index (χ2n) is 5.87. The summed E-state index contributed by atoms with van der Waals surface area (Å²) in [6.45, 7) is 1.05. The van der Waals surface area contributed by atoms with E-state index in [4.69, 9.17) is 19.9 Å². The average molecular weight is 322 g/mol. The third-order valence-corrected chi connectivity index (χ3v) is 4.15. The number of carbonyl (C=O) groups excluding carboxylic acids is 1. The zero-order chi connectivity index (χ0) is 16.7. The molecule has 1 aromatic rings. The molecule has 3 N–H and O–H groups in total. The number of rotatable bonds is 8. The Kier molecular flexibility index (Phi) is 6.10. The lowest BCUT2D eigenvalue weighted by atomic mass is 9.98. The molecule has 0 radical (unpaired) electrons. The van der Waals surface area contributed by atoms with Crippen LogP contribution in [0, 0.1) is 0 Å². The van der Waals surface area contributed by atoms with Crippen LogP contribution in [0.25, 0.3) is 0 Å². The predicted octanol–water partition coefficient (Wildman–Crippen LogP) is 1.86. The van der Waals surface area contributed by atoms with Gasteiger partial charge in [0.2, 0.25) is 5.91 Å². The van der Waals surface area contributed by atoms with Gasteiger partial charge in [-0.25, -0.2) is 0 Å². The van der Waals surface area contributed by atoms with Gasteiger partial charge in [-0.15, -0.1) is 0 Å². The minimum absolute atomic E-state index is 0.0435. The highest BCUT2D eigenvalue weighted by atomic mass is 16.5. The van der Waals surface area contributed by atoms with Crippen LogP contribution >= 0.6 is 0 Å². The van der Waals surface area contributed by atoms with Crippen molar-refractivity contribution in [2.45, 2.75) is 37.6 Å². The van der Waals surface area contributed by atoms with Gasteiger partial charge in [0.05, 0.1) is 26.4 Å². The molecular weight excluding hydrogens is 296 g/mol. The Morgan fingerprint density at radius 2 is 1.70 bits per heavy atom. The van der Waals surface area contributed by atoms with Crippen molar-refractivity contribution in [3.63, 3.8) is 0 Å². The quantitative estimate of drug-likeness (QED) is 0.714. The Morgan fingerprint density at radius 3 is 2.26 bits per heavy atom. The van der Waals surface area contributed by atoms with E-state index in [0.717, 1.165) is 25.7 Å². The number of carbonyl (C=O) groups is 1. The second-order valence-corrected chi connectivity index (χ2v) is 5.87. The monoisotopic (exact) mass is 322 g/mol. The van der Waals surface area contributed by atoms with Gasteiger partial charge in [0, 0.05) is 24.7 Å². The maximum absolute atomic E-state index is 12.1. The first-order valence-electron chi connectivity index (χ1n) is 8.00. The Balaban J connectivity index is 1.72. The van der Waals surface area contributed by atoms with E-state index >= 15 is 0 Å². The highest BCUT2D eigenvalue weighted by molar-refractivity contribution is 5.86. The zero-order valence-electron chi connectivity index (χ0n) is 13.9. The molecule has 1 saturated carbocycles. The number of methoxy groups -OCH3 is 2. The maximum atomic E-state index is 12.1. The second kappa shape index (κ2) is 8.06. The molecule has 6 heteroatoms. The summed E-state index contributed by atoms with van der Waals surface area (Å²) in [5, 5.41) is 2.90. The fourth-order valence-electron chi connectivity index (χ4n) is 2.74. The Labute approximate surface area is 137 Å². The number of nitrogens with two attached hydrogens (primary N) is 1. The van der Waals surface area contributed by atoms with Crippen LogP contribution in [-0.4, -0.2) is 38.8 Å². The fraction of sp³-hybridized carbons (Fsp3) is 0.588. The summed E-state index contributed by atoms with van der Waals surface area (Å²) >= 11 is 0. The molecule has 0 heterocycles. The third-order valence-electron chi connectivity index (χ3n) is 4.15. The van der Waals surface area contributed by atoms with Crippen molar-refractivity contribution in [1.29, 1.82) is 0 Å². The number of hydrogen-bond donors (Lipinski definition) is 2. The van der Waals surface area contributed by atoms with Crippen LogP contribution in [0.4, 0.5) is 0 Å². The first kappa shape index (κ1) is 17.4. The molecule has 23 heavy (non-hydrogen) atoms. The highest BCUT2D eigenvalue weighted by Gasteiger charge is 2.36. The van der Waals surface area contributed by atoms with Crippen LogP contribution in [0.2, 0.25) is 0 Å². The van der Waals surface area contributed by atoms with Gasteiger partial charge in [-0.1, -0.05) is 12.8 Å². The van der Waals surface area contributed by atoms with Crippen molar-refractivity contribution >= 4 is 5.91 Å². The summed E-state index contributed by atoms with van der Waals surface area (Å²) in [6, 6.07) is 5.39. The van der Waals surface area contributed by atoms with Crippen LogP contribution in [0.3, 0.4) is 0 Å². The SMILES string of the molecule is COc1cc(OC)cc(OCCCNC(=O)C2(N)CCCC2)c1. The first-order valence-corrected chi connectivity index (χ1v) is 8.00. The van der Waals surface area contributed by atoms with Crippen molar-refractivity contribution in [1.82, 2.24) is 5.32 Å². The summed E-state index contributed by atoms with van der Waals surface area (Å²) in [5.41, 5.74) is 5.44.